The van der Waals surface area contributed by atoms with Gasteiger partial charge < -0.3 is 6.58 Å². The van der Waals surface area contributed by atoms with Crippen molar-refractivity contribution < 1.29 is 46.9 Å². The molecule has 0 aromatic heterocycles. The zero-order valence-corrected chi connectivity index (χ0v) is 6.01. The molecule has 0 unspecified atom stereocenters. The first-order chi connectivity index (χ1) is 1.00. The average Bonchev–Trinajstić information content (AvgIpc) is 1.00. The molecule has 0 bridgehead atoms. The van der Waals surface area contributed by atoms with E-state index in [0.29, 0.717) is 0 Å². The van der Waals surface area contributed by atoms with Crippen molar-refractivity contribution in [1.82, 2.24) is 0 Å². The van der Waals surface area contributed by atoms with E-state index in [2.05, 4.69) is 13.2 Å². The largest absolute Gasteiger partial charge is 0.521 e. The van der Waals surface area contributed by atoms with Gasteiger partial charge in [-0.2, -0.15) is 0 Å². The van der Waals surface area contributed by atoms with Crippen molar-refractivity contribution in [1.29, 1.82) is 0 Å². The van der Waals surface area contributed by atoms with E-state index in [0.717, 1.165) is 0 Å². The second-order valence-electron chi connectivity index (χ2n) is 0. The van der Waals surface area contributed by atoms with Crippen molar-refractivity contribution in [3.63, 3.8) is 0 Å². The van der Waals surface area contributed by atoms with Gasteiger partial charge in [-0.25, -0.2) is 0 Å². The average molecular weight is 328 g/mol. The van der Waals surface area contributed by atoms with Crippen molar-refractivity contribution in [3.05, 3.63) is 13.2 Å². The van der Waals surface area contributed by atoms with E-state index in [1.807, 2.05) is 0 Å². The van der Waals surface area contributed by atoms with E-state index in [-0.39, 0.29) is 70.9 Å². The molecule has 0 aliphatic heterocycles. The van der Waals surface area contributed by atoms with Gasteiger partial charge in [0.2, 0.25) is 0 Å². The van der Waals surface area contributed by atoms with Gasteiger partial charge in [-0.15, -0.1) is 24.0 Å². The van der Waals surface area contributed by atoms with Crippen molar-refractivity contribution in [2.24, 2.45) is 0 Å². The molecule has 0 aliphatic rings. The van der Waals surface area contributed by atoms with E-state index in [9.17, 15) is 0 Å². The summed E-state index contributed by atoms with van der Waals surface area (Å²) in [7, 11) is 0. The minimum atomic E-state index is 0. The molecular weight excluding hydrogens is 324 g/mol. The monoisotopic (exact) mass is 329 g/mol. The molecule has 0 saturated heterocycles. The zero-order chi connectivity index (χ0) is 2.00. The topological polar surface area (TPSA) is 0 Å². The van der Waals surface area contributed by atoms with E-state index >= 15 is 0 Å². The Bertz CT molecular complexity index is 6.00. The van der Waals surface area contributed by atoms with Crippen molar-refractivity contribution in [3.8, 4) is 0 Å². The maximum absolute atomic E-state index is 4.25. The van der Waals surface area contributed by atoms with Crippen LogP contribution in [0.15, 0.2) is 6.58 Å². The normalized spacial score (nSPS) is 1.00. The fourth-order valence-corrected chi connectivity index (χ4v) is 0. The van der Waals surface area contributed by atoms with Crippen molar-refractivity contribution in [2.75, 3.05) is 0 Å². The van der Waals surface area contributed by atoms with Gasteiger partial charge in [0.05, 0.1) is 0 Å². The summed E-state index contributed by atoms with van der Waals surface area (Å²) in [5.41, 5.74) is 0. The Labute approximate surface area is 82.3 Å². The molecule has 0 nitrogen and oxygen atoms in total. The molecule has 4 heavy (non-hydrogen) atoms. The predicted molar refractivity (Wildman–Crippen MR) is 25.3 cm³/mol. The molecule has 0 atom stereocenters. The van der Waals surface area contributed by atoms with Gasteiger partial charge in [0, 0.05) is 46.9 Å². The number of hydrogen-bond donors (Lipinski definition) is 0. The van der Waals surface area contributed by atoms with Gasteiger partial charge in [-0.1, -0.05) is 0 Å². The summed E-state index contributed by atoms with van der Waals surface area (Å²) in [5, 5.41) is 0. The van der Waals surface area contributed by atoms with Gasteiger partial charge in [-0.05, 0) is 0 Å². The molecule has 34 valence electrons. The van der Waals surface area contributed by atoms with E-state index in [1.54, 1.807) is 0 Å². The second-order valence-corrected chi connectivity index (χ2v) is 0. The summed E-state index contributed by atoms with van der Waals surface area (Å²) in [4.78, 5) is 0. The summed E-state index contributed by atoms with van der Waals surface area (Å²) < 4.78 is 0. The molecule has 0 aromatic rings. The maximum atomic E-state index is 4.25. The quantitative estimate of drug-likeness (QED) is 0.463. The summed E-state index contributed by atoms with van der Waals surface area (Å²) in [6.07, 6.45) is 0. The molecule has 0 spiro atoms. The predicted octanol–water partition coefficient (Wildman–Crippen LogP) is 1.22. The molecule has 0 saturated carbocycles. The van der Waals surface area contributed by atoms with Crippen LogP contribution >= 0.6 is 24.0 Å². The summed E-state index contributed by atoms with van der Waals surface area (Å²) in [5.74, 6) is 0. The Morgan fingerprint density at radius 1 is 1.25 bits per heavy atom. The smallest absolute Gasteiger partial charge is 0 e. The van der Waals surface area contributed by atoms with E-state index < -0.39 is 0 Å². The van der Waals surface area contributed by atoms with Crippen molar-refractivity contribution >= 4 is 24.0 Å². The van der Waals surface area contributed by atoms with Gasteiger partial charge in [0.15, 0.2) is 0 Å². The van der Waals surface area contributed by atoms with Crippen LogP contribution in [0, 0.1) is 53.5 Å². The minimum absolute atomic E-state index is 0. The first-order valence-corrected chi connectivity index (χ1v) is 0.408. The number of halogens is 1. The van der Waals surface area contributed by atoms with Crippen LogP contribution in [0.25, 0.3) is 0 Å². The first kappa shape index (κ1) is 16.7. The third-order valence-corrected chi connectivity index (χ3v) is 0. The SMILES string of the molecule is I.[CH-]=C.[Yb]. The molecule has 0 aromatic carbocycles. The fourth-order valence-electron chi connectivity index (χ4n) is 0. The van der Waals surface area contributed by atoms with Crippen LogP contribution in [-0.4, -0.2) is 0 Å². The summed E-state index contributed by atoms with van der Waals surface area (Å²) in [6.45, 7) is 7.00. The second kappa shape index (κ2) is 20.1. The van der Waals surface area contributed by atoms with Crippen LogP contribution < -0.4 is 0 Å². The van der Waals surface area contributed by atoms with Crippen LogP contribution in [0.4, 0.5) is 0 Å². The van der Waals surface area contributed by atoms with Gasteiger partial charge in [-0.3, -0.25) is 6.58 Å². The summed E-state index contributed by atoms with van der Waals surface area (Å²) in [6, 6.07) is 0. The molecular formula is C2H4IYb-. The van der Waals surface area contributed by atoms with Gasteiger partial charge in [0.1, 0.15) is 0 Å². The number of hydrogen-bond acceptors (Lipinski definition) is 0. The van der Waals surface area contributed by atoms with Crippen LogP contribution in [0.3, 0.4) is 0 Å². The molecule has 0 aliphatic carbocycles. The molecule has 0 radical (unpaired) electrons. The molecule has 2 heteroatoms. The first-order valence-electron chi connectivity index (χ1n) is 0.408. The maximum Gasteiger partial charge on any atom is 0 e. The third kappa shape index (κ3) is 9.01. The molecule has 0 rings (SSSR count). The standard InChI is InChI=1S/C2H3.HI.Yb/c1-2;;/h1H,2H2;1H;/q-1;;. The third-order valence-electron chi connectivity index (χ3n) is 0. The minimum Gasteiger partial charge on any atom is -0.521 e. The van der Waals surface area contributed by atoms with Crippen LogP contribution in [0.2, 0.25) is 0 Å². The van der Waals surface area contributed by atoms with Gasteiger partial charge >= 0.3 is 0 Å². The van der Waals surface area contributed by atoms with Gasteiger partial charge in [0.25, 0.3) is 0 Å². The summed E-state index contributed by atoms with van der Waals surface area (Å²) >= 11 is 0. The Balaban J connectivity index is -0.00000000500. The van der Waals surface area contributed by atoms with E-state index in [4.69, 9.17) is 0 Å². The Morgan fingerprint density at radius 2 is 1.25 bits per heavy atom. The molecule has 0 fully saturated rings. The molecule has 0 heterocycles. The Morgan fingerprint density at radius 3 is 1.25 bits per heavy atom. The Kier molecular flexibility index (Phi) is 83.7. The number of rotatable bonds is 0. The Hall–Kier alpha value is 1.99. The molecule has 0 amide bonds. The van der Waals surface area contributed by atoms with E-state index in [1.165, 1.54) is 0 Å². The molecule has 0 N–H and O–H groups in total. The van der Waals surface area contributed by atoms with Crippen LogP contribution in [0.5, 0.6) is 0 Å². The van der Waals surface area contributed by atoms with Crippen LogP contribution in [0.1, 0.15) is 0 Å². The zero-order valence-electron chi connectivity index (χ0n) is 1.96. The van der Waals surface area contributed by atoms with Crippen molar-refractivity contribution in [2.45, 2.75) is 0 Å². The van der Waals surface area contributed by atoms with Crippen LogP contribution in [-0.2, 0) is 0 Å². The fraction of sp³-hybridized carbons (Fsp3) is 0.